The molecule has 1 aliphatic heterocycles. The number of benzene rings is 1. The van der Waals surface area contributed by atoms with E-state index >= 15 is 0 Å². The fraction of sp³-hybridized carbons (Fsp3) is 0.333. The summed E-state index contributed by atoms with van der Waals surface area (Å²) in [5.74, 6) is -0.148. The number of rotatable bonds is 3. The van der Waals surface area contributed by atoms with Crippen LogP contribution in [0.1, 0.15) is 19.4 Å². The van der Waals surface area contributed by atoms with Crippen molar-refractivity contribution in [2.45, 2.75) is 19.9 Å². The third kappa shape index (κ3) is 3.02. The van der Waals surface area contributed by atoms with Crippen LogP contribution in [0.2, 0.25) is 0 Å². The Morgan fingerprint density at radius 2 is 2.05 bits per heavy atom. The number of ether oxygens (including phenoxy) is 1. The van der Waals surface area contributed by atoms with Gasteiger partial charge < -0.3 is 4.74 Å². The molecule has 100 valence electrons. The predicted octanol–water partition coefficient (Wildman–Crippen LogP) is 2.70. The van der Waals surface area contributed by atoms with Crippen molar-refractivity contribution < 1.29 is 14.3 Å². The van der Waals surface area contributed by atoms with Crippen LogP contribution >= 0.6 is 0 Å². The Morgan fingerprint density at radius 3 is 2.68 bits per heavy atom. The maximum Gasteiger partial charge on any atom is 0.417 e. The minimum atomic E-state index is -0.554. The second kappa shape index (κ2) is 5.69. The molecule has 0 saturated carbocycles. The van der Waals surface area contributed by atoms with E-state index in [0.29, 0.717) is 0 Å². The molecule has 0 N–H and O–H groups in total. The Kier molecular flexibility index (Phi) is 4.00. The van der Waals surface area contributed by atoms with Gasteiger partial charge in [0, 0.05) is 6.08 Å². The van der Waals surface area contributed by atoms with Crippen molar-refractivity contribution in [3.8, 4) is 0 Å². The number of amides is 2. The van der Waals surface area contributed by atoms with Gasteiger partial charge in [-0.15, -0.1) is 0 Å². The van der Waals surface area contributed by atoms with E-state index in [0.717, 1.165) is 5.56 Å². The molecule has 1 saturated heterocycles. The van der Waals surface area contributed by atoms with Crippen LogP contribution in [-0.4, -0.2) is 29.5 Å². The van der Waals surface area contributed by atoms with Gasteiger partial charge in [0.2, 0.25) is 0 Å². The van der Waals surface area contributed by atoms with Crippen molar-refractivity contribution in [1.82, 2.24) is 4.90 Å². The first kappa shape index (κ1) is 13.3. The van der Waals surface area contributed by atoms with E-state index in [2.05, 4.69) is 0 Å². The molecule has 1 fully saturated rings. The van der Waals surface area contributed by atoms with Crippen LogP contribution in [0.3, 0.4) is 0 Å². The van der Waals surface area contributed by atoms with Gasteiger partial charge in [-0.05, 0) is 17.6 Å². The van der Waals surface area contributed by atoms with Crippen LogP contribution in [0.5, 0.6) is 0 Å². The zero-order chi connectivity index (χ0) is 13.8. The first-order valence-electron chi connectivity index (χ1n) is 6.32. The van der Waals surface area contributed by atoms with Crippen LogP contribution in [0.25, 0.3) is 6.08 Å². The summed E-state index contributed by atoms with van der Waals surface area (Å²) in [6.07, 6.45) is 2.56. The molecule has 2 rings (SSSR count). The molecule has 1 heterocycles. The second-order valence-corrected chi connectivity index (χ2v) is 4.84. The fourth-order valence-corrected chi connectivity index (χ4v) is 1.99. The average molecular weight is 259 g/mol. The number of hydrogen-bond donors (Lipinski definition) is 0. The summed E-state index contributed by atoms with van der Waals surface area (Å²) in [6.45, 7) is 4.21. The molecule has 0 aliphatic carbocycles. The van der Waals surface area contributed by atoms with E-state index in [1.807, 2.05) is 44.2 Å². The topological polar surface area (TPSA) is 46.6 Å². The normalized spacial score (nSPS) is 19.2. The molecule has 4 nitrogen and oxygen atoms in total. The number of carbonyl (C=O) groups is 2. The molecule has 0 spiro atoms. The van der Waals surface area contributed by atoms with Gasteiger partial charge in [0.1, 0.15) is 6.61 Å². The van der Waals surface area contributed by atoms with Crippen LogP contribution in [0.4, 0.5) is 4.79 Å². The van der Waals surface area contributed by atoms with E-state index in [9.17, 15) is 9.59 Å². The van der Waals surface area contributed by atoms with Gasteiger partial charge in [-0.1, -0.05) is 44.2 Å². The number of hydrogen-bond acceptors (Lipinski definition) is 3. The van der Waals surface area contributed by atoms with Crippen LogP contribution in [-0.2, 0) is 9.53 Å². The number of nitrogens with zero attached hydrogens (tertiary/aromatic N) is 1. The first-order chi connectivity index (χ1) is 9.09. The zero-order valence-corrected chi connectivity index (χ0v) is 11.1. The third-order valence-corrected chi connectivity index (χ3v) is 3.13. The SMILES string of the molecule is CC(C)C1COC(=O)N1C(=O)C=Cc1ccccc1. The summed E-state index contributed by atoms with van der Waals surface area (Å²) in [6, 6.07) is 9.31. The quantitative estimate of drug-likeness (QED) is 0.784. The van der Waals surface area contributed by atoms with Gasteiger partial charge in [-0.2, -0.15) is 0 Å². The minimum absolute atomic E-state index is 0.180. The molecular formula is C15H17NO3. The molecule has 19 heavy (non-hydrogen) atoms. The fourth-order valence-electron chi connectivity index (χ4n) is 1.99. The maximum absolute atomic E-state index is 12.1. The Morgan fingerprint density at radius 1 is 1.37 bits per heavy atom. The highest BCUT2D eigenvalue weighted by Gasteiger charge is 2.38. The first-order valence-corrected chi connectivity index (χ1v) is 6.32. The molecular weight excluding hydrogens is 242 g/mol. The Labute approximate surface area is 112 Å². The molecule has 4 heteroatoms. The van der Waals surface area contributed by atoms with E-state index in [4.69, 9.17) is 4.74 Å². The highest BCUT2D eigenvalue weighted by Crippen LogP contribution is 2.20. The Balaban J connectivity index is 2.11. The lowest BCUT2D eigenvalue weighted by Crippen LogP contribution is -2.40. The van der Waals surface area contributed by atoms with Gasteiger partial charge in [-0.3, -0.25) is 4.79 Å². The van der Waals surface area contributed by atoms with E-state index in [-0.39, 0.29) is 24.5 Å². The summed E-state index contributed by atoms with van der Waals surface area (Å²) in [5.41, 5.74) is 0.921. The summed E-state index contributed by atoms with van der Waals surface area (Å²) in [4.78, 5) is 24.9. The maximum atomic E-state index is 12.1. The molecule has 1 atom stereocenters. The summed E-state index contributed by atoms with van der Waals surface area (Å²) >= 11 is 0. The van der Waals surface area contributed by atoms with E-state index < -0.39 is 6.09 Å². The molecule has 1 aliphatic rings. The van der Waals surface area contributed by atoms with Crippen molar-refractivity contribution in [2.24, 2.45) is 5.92 Å². The zero-order valence-electron chi connectivity index (χ0n) is 11.1. The number of imide groups is 1. The molecule has 0 bridgehead atoms. The monoisotopic (exact) mass is 259 g/mol. The van der Waals surface area contributed by atoms with E-state index in [1.54, 1.807) is 6.08 Å². The van der Waals surface area contributed by atoms with Crippen molar-refractivity contribution >= 4 is 18.1 Å². The van der Waals surface area contributed by atoms with E-state index in [1.165, 1.54) is 11.0 Å². The molecule has 1 unspecified atom stereocenters. The number of cyclic esters (lactones) is 1. The Hall–Kier alpha value is -2.10. The van der Waals surface area contributed by atoms with Gasteiger partial charge >= 0.3 is 6.09 Å². The summed E-state index contributed by atoms with van der Waals surface area (Å²) in [5, 5.41) is 0. The van der Waals surface area contributed by atoms with Crippen molar-refractivity contribution in [3.63, 3.8) is 0 Å². The highest BCUT2D eigenvalue weighted by atomic mass is 16.6. The second-order valence-electron chi connectivity index (χ2n) is 4.84. The average Bonchev–Trinajstić information content (AvgIpc) is 2.79. The van der Waals surface area contributed by atoms with Crippen molar-refractivity contribution in [1.29, 1.82) is 0 Å². The minimum Gasteiger partial charge on any atom is -0.447 e. The standard InChI is InChI=1S/C15H17NO3/c1-11(2)13-10-19-15(18)16(13)14(17)9-8-12-6-4-3-5-7-12/h3-9,11,13H,10H2,1-2H3. The lowest BCUT2D eigenvalue weighted by atomic mass is 10.0. The molecule has 0 radical (unpaired) electrons. The highest BCUT2D eigenvalue weighted by molar-refractivity contribution is 6.02. The molecule has 2 amide bonds. The third-order valence-electron chi connectivity index (χ3n) is 3.13. The summed E-state index contributed by atoms with van der Waals surface area (Å²) in [7, 11) is 0. The molecule has 0 aromatic heterocycles. The van der Waals surface area contributed by atoms with Crippen LogP contribution in [0, 0.1) is 5.92 Å². The Bertz CT molecular complexity index is 493. The van der Waals surface area contributed by atoms with Gasteiger partial charge in [0.05, 0.1) is 6.04 Å². The van der Waals surface area contributed by atoms with Crippen molar-refractivity contribution in [2.75, 3.05) is 6.61 Å². The predicted molar refractivity (Wildman–Crippen MR) is 72.3 cm³/mol. The van der Waals surface area contributed by atoms with Gasteiger partial charge in [-0.25, -0.2) is 9.69 Å². The smallest absolute Gasteiger partial charge is 0.417 e. The number of carbonyl (C=O) groups excluding carboxylic acids is 2. The van der Waals surface area contributed by atoms with Crippen LogP contribution < -0.4 is 0 Å². The van der Waals surface area contributed by atoms with Crippen LogP contribution in [0.15, 0.2) is 36.4 Å². The van der Waals surface area contributed by atoms with Gasteiger partial charge in [0.25, 0.3) is 5.91 Å². The summed E-state index contributed by atoms with van der Waals surface area (Å²) < 4.78 is 4.94. The van der Waals surface area contributed by atoms with Crippen molar-refractivity contribution in [3.05, 3.63) is 42.0 Å². The largest absolute Gasteiger partial charge is 0.447 e. The van der Waals surface area contributed by atoms with Gasteiger partial charge in [0.15, 0.2) is 0 Å². The lowest BCUT2D eigenvalue weighted by Gasteiger charge is -2.20. The molecule has 1 aromatic carbocycles. The molecule has 1 aromatic rings. The lowest BCUT2D eigenvalue weighted by molar-refractivity contribution is -0.124.